The number of hydrogen-bond donors (Lipinski definition) is 2. The van der Waals surface area contributed by atoms with E-state index in [-0.39, 0.29) is 24.4 Å². The maximum Gasteiger partial charge on any atom is 0.226 e. The first-order valence-corrected chi connectivity index (χ1v) is 9.31. The predicted octanol–water partition coefficient (Wildman–Crippen LogP) is 4.24. The summed E-state index contributed by atoms with van der Waals surface area (Å²) in [5.74, 6) is 3.53. The fraction of sp³-hybridized carbons (Fsp3) is 0.316. The van der Waals surface area contributed by atoms with Gasteiger partial charge in [0.15, 0.2) is 5.75 Å². The molecule has 1 heterocycles. The van der Waals surface area contributed by atoms with Crippen molar-refractivity contribution in [2.45, 2.75) is 19.4 Å². The van der Waals surface area contributed by atoms with Gasteiger partial charge in [0.25, 0.3) is 0 Å². The van der Waals surface area contributed by atoms with E-state index in [0.717, 1.165) is 29.4 Å². The van der Waals surface area contributed by atoms with E-state index in [4.69, 9.17) is 4.74 Å². The highest BCUT2D eigenvalue weighted by atomic mass is 35.5. The van der Waals surface area contributed by atoms with Crippen molar-refractivity contribution in [1.29, 1.82) is 0 Å². The fourth-order valence-electron chi connectivity index (χ4n) is 2.64. The quantitative estimate of drug-likeness (QED) is 0.816. The van der Waals surface area contributed by atoms with Gasteiger partial charge in [0, 0.05) is 30.5 Å². The number of aryl methyl sites for hydroxylation is 1. The lowest BCUT2D eigenvalue weighted by Gasteiger charge is -2.22. The molecule has 0 aromatic heterocycles. The zero-order valence-corrected chi connectivity index (χ0v) is 15.8. The van der Waals surface area contributed by atoms with Crippen molar-refractivity contribution in [3.63, 3.8) is 0 Å². The lowest BCUT2D eigenvalue weighted by Crippen LogP contribution is -2.39. The zero-order valence-electron chi connectivity index (χ0n) is 14.2. The maximum atomic E-state index is 12.3. The molecule has 1 atom stereocenters. The van der Waals surface area contributed by atoms with Crippen LogP contribution in [-0.2, 0) is 4.79 Å². The van der Waals surface area contributed by atoms with Crippen molar-refractivity contribution in [3.05, 3.63) is 54.1 Å². The van der Waals surface area contributed by atoms with Crippen LogP contribution in [0.5, 0.6) is 11.5 Å². The Labute approximate surface area is 159 Å². The Hall–Kier alpha value is -1.69. The van der Waals surface area contributed by atoms with Gasteiger partial charge in [-0.25, -0.2) is 0 Å². The molecule has 134 valence electrons. The average Bonchev–Trinajstić information content (AvgIpc) is 2.57. The minimum atomic E-state index is 0. The minimum absolute atomic E-state index is 0. The van der Waals surface area contributed by atoms with Crippen LogP contribution in [-0.4, -0.2) is 30.0 Å². The van der Waals surface area contributed by atoms with Crippen molar-refractivity contribution in [1.82, 2.24) is 5.32 Å². The van der Waals surface area contributed by atoms with E-state index in [9.17, 15) is 4.79 Å². The molecule has 6 heteroatoms. The van der Waals surface area contributed by atoms with Crippen LogP contribution >= 0.6 is 24.2 Å². The van der Waals surface area contributed by atoms with Gasteiger partial charge in [-0.05, 0) is 36.8 Å². The van der Waals surface area contributed by atoms with Gasteiger partial charge >= 0.3 is 0 Å². The molecule has 0 spiro atoms. The Morgan fingerprint density at radius 1 is 1.28 bits per heavy atom. The van der Waals surface area contributed by atoms with Crippen molar-refractivity contribution < 1.29 is 9.53 Å². The molecule has 3 rings (SSSR count). The van der Waals surface area contributed by atoms with Gasteiger partial charge in [-0.1, -0.05) is 24.3 Å². The lowest BCUT2D eigenvalue weighted by atomic mass is 10.2. The molecule has 4 nitrogen and oxygen atoms in total. The predicted molar refractivity (Wildman–Crippen MR) is 107 cm³/mol. The number of halogens is 1. The number of rotatable bonds is 5. The molecule has 0 aliphatic carbocycles. The van der Waals surface area contributed by atoms with Gasteiger partial charge in [-0.15, -0.1) is 12.4 Å². The SMILES string of the molecule is Cc1cccc(Oc2ccccc2NC(=O)CC2CSCCN2)c1.Cl. The van der Waals surface area contributed by atoms with E-state index >= 15 is 0 Å². The number of nitrogens with one attached hydrogen (secondary N) is 2. The van der Waals surface area contributed by atoms with E-state index in [0.29, 0.717) is 17.9 Å². The van der Waals surface area contributed by atoms with Crippen LogP contribution in [0.25, 0.3) is 0 Å². The first-order chi connectivity index (χ1) is 11.7. The summed E-state index contributed by atoms with van der Waals surface area (Å²) in [5.41, 5.74) is 1.84. The van der Waals surface area contributed by atoms with E-state index in [1.807, 2.05) is 67.2 Å². The number of amides is 1. The molecular weight excluding hydrogens is 356 g/mol. The number of benzene rings is 2. The summed E-state index contributed by atoms with van der Waals surface area (Å²) in [5, 5.41) is 6.36. The zero-order chi connectivity index (χ0) is 16.8. The Balaban J connectivity index is 0.00000225. The largest absolute Gasteiger partial charge is 0.455 e. The normalized spacial score (nSPS) is 16.6. The average molecular weight is 379 g/mol. The molecular formula is C19H23ClN2O2S. The van der Waals surface area contributed by atoms with Crippen LogP contribution in [0.3, 0.4) is 0 Å². The molecule has 0 bridgehead atoms. The van der Waals surface area contributed by atoms with Gasteiger partial charge in [0.05, 0.1) is 5.69 Å². The van der Waals surface area contributed by atoms with Crippen LogP contribution in [0.15, 0.2) is 48.5 Å². The number of ether oxygens (including phenoxy) is 1. The summed E-state index contributed by atoms with van der Waals surface area (Å²) < 4.78 is 5.95. The van der Waals surface area contributed by atoms with Crippen LogP contribution < -0.4 is 15.4 Å². The second-order valence-electron chi connectivity index (χ2n) is 5.89. The third kappa shape index (κ3) is 5.96. The molecule has 25 heavy (non-hydrogen) atoms. The van der Waals surface area contributed by atoms with E-state index < -0.39 is 0 Å². The number of carbonyl (C=O) groups is 1. The molecule has 1 unspecified atom stereocenters. The molecule has 1 saturated heterocycles. The summed E-state index contributed by atoms with van der Waals surface area (Å²) in [6, 6.07) is 15.6. The van der Waals surface area contributed by atoms with E-state index in [1.54, 1.807) is 0 Å². The molecule has 1 amide bonds. The monoisotopic (exact) mass is 378 g/mol. The highest BCUT2D eigenvalue weighted by Crippen LogP contribution is 2.29. The van der Waals surface area contributed by atoms with Crippen LogP contribution in [0, 0.1) is 6.92 Å². The lowest BCUT2D eigenvalue weighted by molar-refractivity contribution is -0.116. The third-order valence-electron chi connectivity index (χ3n) is 3.81. The van der Waals surface area contributed by atoms with Gasteiger partial charge in [0.1, 0.15) is 5.75 Å². The van der Waals surface area contributed by atoms with Gasteiger partial charge in [0.2, 0.25) is 5.91 Å². The number of thioether (sulfide) groups is 1. The number of hydrogen-bond acceptors (Lipinski definition) is 4. The number of carbonyl (C=O) groups excluding carboxylic acids is 1. The molecule has 1 fully saturated rings. The summed E-state index contributed by atoms with van der Waals surface area (Å²) in [4.78, 5) is 12.3. The fourth-order valence-corrected chi connectivity index (χ4v) is 3.59. The highest BCUT2D eigenvalue weighted by molar-refractivity contribution is 7.99. The smallest absolute Gasteiger partial charge is 0.226 e. The van der Waals surface area contributed by atoms with Crippen molar-refractivity contribution in [3.8, 4) is 11.5 Å². The Morgan fingerprint density at radius 3 is 2.88 bits per heavy atom. The Kier molecular flexibility index (Phi) is 7.62. The minimum Gasteiger partial charge on any atom is -0.455 e. The summed E-state index contributed by atoms with van der Waals surface area (Å²) in [7, 11) is 0. The highest BCUT2D eigenvalue weighted by Gasteiger charge is 2.17. The second kappa shape index (κ2) is 9.70. The molecule has 1 aliphatic rings. The number of para-hydroxylation sites is 2. The second-order valence-corrected chi connectivity index (χ2v) is 7.04. The van der Waals surface area contributed by atoms with E-state index in [1.165, 1.54) is 0 Å². The first-order valence-electron chi connectivity index (χ1n) is 8.15. The maximum absolute atomic E-state index is 12.3. The summed E-state index contributed by atoms with van der Waals surface area (Å²) in [6.45, 7) is 2.99. The summed E-state index contributed by atoms with van der Waals surface area (Å²) in [6.07, 6.45) is 0.478. The molecule has 2 N–H and O–H groups in total. The van der Waals surface area contributed by atoms with Crippen LogP contribution in [0.2, 0.25) is 0 Å². The van der Waals surface area contributed by atoms with Crippen molar-refractivity contribution in [2.24, 2.45) is 0 Å². The standard InChI is InChI=1S/C19H22N2O2S.ClH/c1-14-5-4-6-16(11-14)23-18-8-3-2-7-17(18)21-19(22)12-15-13-24-10-9-20-15;/h2-8,11,15,20H,9-10,12-13H2,1H3,(H,21,22);1H. The van der Waals surface area contributed by atoms with Crippen molar-refractivity contribution >= 4 is 35.8 Å². The van der Waals surface area contributed by atoms with Crippen LogP contribution in [0.1, 0.15) is 12.0 Å². The third-order valence-corrected chi connectivity index (χ3v) is 4.94. The molecule has 1 aliphatic heterocycles. The summed E-state index contributed by atoms with van der Waals surface area (Å²) >= 11 is 1.89. The Bertz CT molecular complexity index is 705. The first kappa shape index (κ1) is 19.6. The van der Waals surface area contributed by atoms with Gasteiger partial charge in [-0.2, -0.15) is 11.8 Å². The van der Waals surface area contributed by atoms with Gasteiger partial charge < -0.3 is 15.4 Å². The van der Waals surface area contributed by atoms with Crippen molar-refractivity contribution in [2.75, 3.05) is 23.4 Å². The van der Waals surface area contributed by atoms with Crippen LogP contribution in [0.4, 0.5) is 5.69 Å². The molecule has 2 aromatic carbocycles. The van der Waals surface area contributed by atoms with Gasteiger partial charge in [-0.3, -0.25) is 4.79 Å². The number of anilines is 1. The molecule has 2 aromatic rings. The topological polar surface area (TPSA) is 50.4 Å². The Morgan fingerprint density at radius 2 is 2.12 bits per heavy atom. The molecule has 0 saturated carbocycles. The van der Waals surface area contributed by atoms with E-state index in [2.05, 4.69) is 10.6 Å². The molecule has 0 radical (unpaired) electrons.